The van der Waals surface area contributed by atoms with Crippen molar-refractivity contribution >= 4 is 27.8 Å². The first kappa shape index (κ1) is 18.3. The van der Waals surface area contributed by atoms with Crippen LogP contribution in [0.4, 0.5) is 0 Å². The zero-order chi connectivity index (χ0) is 19.5. The van der Waals surface area contributed by atoms with Gasteiger partial charge in [0.2, 0.25) is 0 Å². The molecule has 0 amide bonds. The number of carbonyl (C=O) groups excluding carboxylic acids is 1. The lowest BCUT2D eigenvalue weighted by molar-refractivity contribution is -0.144. The standard InChI is InChI=1S/C24H24N2O2/c1-2-28-24(27)21(25)15-18-12-13-23-20(14-18)19-10-6-7-11-22(19)26(23)16-17-8-4-3-5-9-17/h3-14,21H,2,15-16,25H2,1H3. The van der Waals surface area contributed by atoms with Gasteiger partial charge in [-0.2, -0.15) is 0 Å². The number of nitrogens with two attached hydrogens (primary N) is 1. The summed E-state index contributed by atoms with van der Waals surface area (Å²) in [5.74, 6) is -0.353. The van der Waals surface area contributed by atoms with Crippen LogP contribution in [0.5, 0.6) is 0 Å². The first-order valence-electron chi connectivity index (χ1n) is 9.63. The lowest BCUT2D eigenvalue weighted by Gasteiger charge is -2.11. The average molecular weight is 372 g/mol. The summed E-state index contributed by atoms with van der Waals surface area (Å²) in [6.45, 7) is 2.95. The van der Waals surface area contributed by atoms with Crippen molar-refractivity contribution in [2.24, 2.45) is 5.73 Å². The van der Waals surface area contributed by atoms with E-state index in [4.69, 9.17) is 10.5 Å². The topological polar surface area (TPSA) is 57.2 Å². The van der Waals surface area contributed by atoms with Gasteiger partial charge in [-0.25, -0.2) is 0 Å². The van der Waals surface area contributed by atoms with Crippen molar-refractivity contribution in [3.05, 3.63) is 83.9 Å². The molecule has 4 rings (SSSR count). The Morgan fingerprint density at radius 2 is 1.64 bits per heavy atom. The van der Waals surface area contributed by atoms with Crippen molar-refractivity contribution in [2.75, 3.05) is 6.61 Å². The van der Waals surface area contributed by atoms with E-state index < -0.39 is 6.04 Å². The van der Waals surface area contributed by atoms with E-state index in [-0.39, 0.29) is 5.97 Å². The predicted molar refractivity (Wildman–Crippen MR) is 113 cm³/mol. The molecule has 0 saturated carbocycles. The first-order chi connectivity index (χ1) is 13.7. The third kappa shape index (κ3) is 3.51. The number of fused-ring (bicyclic) bond motifs is 3. The number of esters is 1. The van der Waals surface area contributed by atoms with E-state index >= 15 is 0 Å². The number of hydrogen-bond donors (Lipinski definition) is 1. The van der Waals surface area contributed by atoms with Gasteiger partial charge in [0, 0.05) is 28.4 Å². The fourth-order valence-electron chi connectivity index (χ4n) is 3.75. The molecule has 3 aromatic carbocycles. The van der Waals surface area contributed by atoms with Crippen LogP contribution in [0, 0.1) is 0 Å². The Bertz CT molecular complexity index is 1120. The molecule has 4 heteroatoms. The molecule has 142 valence electrons. The van der Waals surface area contributed by atoms with Gasteiger partial charge in [-0.1, -0.05) is 54.6 Å². The fraction of sp³-hybridized carbons (Fsp3) is 0.208. The van der Waals surface area contributed by atoms with Crippen LogP contribution in [0.3, 0.4) is 0 Å². The lowest BCUT2D eigenvalue weighted by atomic mass is 10.0. The molecule has 0 saturated heterocycles. The molecule has 1 unspecified atom stereocenters. The van der Waals surface area contributed by atoms with Gasteiger partial charge in [-0.05, 0) is 42.7 Å². The quantitative estimate of drug-likeness (QED) is 0.514. The largest absolute Gasteiger partial charge is 0.465 e. The van der Waals surface area contributed by atoms with Gasteiger partial charge in [-0.3, -0.25) is 4.79 Å². The monoisotopic (exact) mass is 372 g/mol. The number of benzene rings is 3. The molecule has 4 aromatic rings. The summed E-state index contributed by atoms with van der Waals surface area (Å²) < 4.78 is 7.38. The highest BCUT2D eigenvalue weighted by atomic mass is 16.5. The Balaban J connectivity index is 1.75. The van der Waals surface area contributed by atoms with E-state index in [9.17, 15) is 4.79 Å². The maximum absolute atomic E-state index is 11.9. The van der Waals surface area contributed by atoms with Crippen molar-refractivity contribution in [1.82, 2.24) is 4.57 Å². The van der Waals surface area contributed by atoms with Crippen LogP contribution in [0.1, 0.15) is 18.1 Å². The van der Waals surface area contributed by atoms with Crippen molar-refractivity contribution in [1.29, 1.82) is 0 Å². The highest BCUT2D eigenvalue weighted by Gasteiger charge is 2.17. The van der Waals surface area contributed by atoms with E-state index in [1.165, 1.54) is 27.4 Å². The molecule has 0 aliphatic rings. The van der Waals surface area contributed by atoms with Crippen molar-refractivity contribution in [2.45, 2.75) is 25.9 Å². The second-order valence-corrected chi connectivity index (χ2v) is 7.00. The minimum atomic E-state index is -0.643. The zero-order valence-corrected chi connectivity index (χ0v) is 16.0. The molecule has 0 bridgehead atoms. The molecular formula is C24H24N2O2. The number of carbonyl (C=O) groups is 1. The molecule has 28 heavy (non-hydrogen) atoms. The second-order valence-electron chi connectivity index (χ2n) is 7.00. The van der Waals surface area contributed by atoms with Crippen molar-refractivity contribution < 1.29 is 9.53 Å². The highest BCUT2D eigenvalue weighted by Crippen LogP contribution is 2.30. The molecule has 0 radical (unpaired) electrons. The molecule has 1 heterocycles. The second kappa shape index (κ2) is 7.87. The lowest BCUT2D eigenvalue weighted by Crippen LogP contribution is -2.34. The zero-order valence-electron chi connectivity index (χ0n) is 16.0. The number of rotatable bonds is 6. The number of ether oxygens (including phenoxy) is 1. The SMILES string of the molecule is CCOC(=O)C(N)Cc1ccc2c(c1)c1ccccc1n2Cc1ccccc1. The molecule has 0 fully saturated rings. The Morgan fingerprint density at radius 1 is 0.929 bits per heavy atom. The van der Waals surface area contributed by atoms with Crippen molar-refractivity contribution in [3.63, 3.8) is 0 Å². The summed E-state index contributed by atoms with van der Waals surface area (Å²) in [5.41, 5.74) is 10.7. The van der Waals surface area contributed by atoms with E-state index in [1.54, 1.807) is 6.92 Å². The summed E-state index contributed by atoms with van der Waals surface area (Å²) in [6.07, 6.45) is 0.465. The van der Waals surface area contributed by atoms with Gasteiger partial charge < -0.3 is 15.0 Å². The van der Waals surface area contributed by atoms with Gasteiger partial charge in [0.15, 0.2) is 0 Å². The van der Waals surface area contributed by atoms with Crippen LogP contribution in [0.15, 0.2) is 72.8 Å². The third-order valence-electron chi connectivity index (χ3n) is 5.07. The first-order valence-corrected chi connectivity index (χ1v) is 9.63. The highest BCUT2D eigenvalue weighted by molar-refractivity contribution is 6.08. The molecule has 4 nitrogen and oxygen atoms in total. The van der Waals surface area contributed by atoms with Gasteiger partial charge in [-0.15, -0.1) is 0 Å². The van der Waals surface area contributed by atoms with Crippen LogP contribution in [0.25, 0.3) is 21.8 Å². The van der Waals surface area contributed by atoms with Crippen LogP contribution in [-0.4, -0.2) is 23.2 Å². The number of hydrogen-bond acceptors (Lipinski definition) is 3. The smallest absolute Gasteiger partial charge is 0.323 e. The van der Waals surface area contributed by atoms with Gasteiger partial charge in [0.1, 0.15) is 6.04 Å². The maximum atomic E-state index is 11.9. The third-order valence-corrected chi connectivity index (χ3v) is 5.07. The molecule has 1 atom stereocenters. The minimum absolute atomic E-state index is 0.346. The Hall–Kier alpha value is -3.11. The fourth-order valence-corrected chi connectivity index (χ4v) is 3.75. The molecule has 2 N–H and O–H groups in total. The molecule has 0 aliphatic heterocycles. The molecule has 1 aromatic heterocycles. The van der Waals surface area contributed by atoms with Gasteiger partial charge >= 0.3 is 5.97 Å². The van der Waals surface area contributed by atoms with Crippen molar-refractivity contribution in [3.8, 4) is 0 Å². The van der Waals surface area contributed by atoms with Crippen LogP contribution >= 0.6 is 0 Å². The Labute approximate surface area is 164 Å². The molecular weight excluding hydrogens is 348 g/mol. The predicted octanol–water partition coefficient (Wildman–Crippen LogP) is 4.28. The summed E-state index contributed by atoms with van der Waals surface area (Å²) in [5, 5.41) is 2.39. The maximum Gasteiger partial charge on any atom is 0.323 e. The number of para-hydroxylation sites is 1. The van der Waals surface area contributed by atoms with Gasteiger partial charge in [0.05, 0.1) is 6.61 Å². The van der Waals surface area contributed by atoms with E-state index in [2.05, 4.69) is 71.3 Å². The van der Waals surface area contributed by atoms with E-state index in [1.807, 2.05) is 6.07 Å². The Morgan fingerprint density at radius 3 is 2.43 bits per heavy atom. The average Bonchev–Trinajstić information content (AvgIpc) is 3.02. The Kier molecular flexibility index (Phi) is 5.13. The van der Waals surface area contributed by atoms with E-state index in [0.717, 1.165) is 12.1 Å². The molecule has 0 spiro atoms. The van der Waals surface area contributed by atoms with Crippen LogP contribution in [-0.2, 0) is 22.5 Å². The van der Waals surface area contributed by atoms with Gasteiger partial charge in [0.25, 0.3) is 0 Å². The summed E-state index contributed by atoms with van der Waals surface area (Å²) in [4.78, 5) is 11.9. The normalized spacial score (nSPS) is 12.4. The van der Waals surface area contributed by atoms with Crippen LogP contribution in [0.2, 0.25) is 0 Å². The minimum Gasteiger partial charge on any atom is -0.465 e. The number of nitrogens with zero attached hydrogens (tertiary/aromatic N) is 1. The number of aromatic nitrogens is 1. The molecule has 0 aliphatic carbocycles. The van der Waals surface area contributed by atoms with E-state index in [0.29, 0.717) is 13.0 Å². The summed E-state index contributed by atoms with van der Waals surface area (Å²) >= 11 is 0. The van der Waals surface area contributed by atoms with Crippen LogP contribution < -0.4 is 5.73 Å². The summed E-state index contributed by atoms with van der Waals surface area (Å²) in [6, 6.07) is 24.6. The summed E-state index contributed by atoms with van der Waals surface area (Å²) in [7, 11) is 0.